The smallest absolute Gasteiger partial charge is 0.457 e. The van der Waals surface area contributed by atoms with E-state index in [-0.39, 0.29) is 41.6 Å². The normalized spacial score (nSPS) is 14.1. The van der Waals surface area contributed by atoms with Gasteiger partial charge < -0.3 is 19.5 Å². The van der Waals surface area contributed by atoms with Crippen molar-refractivity contribution in [3.8, 4) is 11.5 Å². The van der Waals surface area contributed by atoms with Crippen molar-refractivity contribution < 1.29 is 38.7 Å². The maximum absolute atomic E-state index is 13.4. The number of amides is 4. The van der Waals surface area contributed by atoms with Gasteiger partial charge >= 0.3 is 7.12 Å². The minimum Gasteiger partial charge on any atom is -0.507 e. The Morgan fingerprint density at radius 1 is 0.627 bits per heavy atom. The van der Waals surface area contributed by atoms with E-state index in [0.29, 0.717) is 58.1 Å². The Labute approximate surface area is 399 Å². The number of rotatable bonds is 10. The molecular weight excluding hydrogens is 843 g/mol. The molecule has 4 amide bonds. The molecule has 0 aliphatic carbocycles. The predicted octanol–water partition coefficient (Wildman–Crippen LogP) is 10.6. The van der Waals surface area contributed by atoms with Crippen LogP contribution in [0, 0.1) is 41.5 Å². The molecule has 0 saturated carbocycles. The Kier molecular flexibility index (Phi) is 16.8. The van der Waals surface area contributed by atoms with Crippen molar-refractivity contribution in [2.75, 3.05) is 0 Å². The first-order valence-corrected chi connectivity index (χ1v) is 23.0. The highest BCUT2D eigenvalue weighted by molar-refractivity contribution is 6.45. The van der Waals surface area contributed by atoms with Crippen molar-refractivity contribution in [1.82, 2.24) is 20.9 Å². The van der Waals surface area contributed by atoms with Gasteiger partial charge in [-0.05, 0) is 177 Å². The van der Waals surface area contributed by atoms with Gasteiger partial charge in [-0.3, -0.25) is 30.0 Å². The first-order valence-electron chi connectivity index (χ1n) is 23.0. The SMILES string of the molecule is C=CCc1ccc(C(=O)NN(C(=O)c2cc(C)cc(C)c2)C(C)(C)C)c(C)c1O.Cc1cc(C)cc(C(=O)N(NC(=O)c2ccc(CCCB3OC(C)(C)C(C)(C)O3)c(O)c2C)C(C)(C)C)c1. The van der Waals surface area contributed by atoms with Gasteiger partial charge in [-0.2, -0.15) is 0 Å². The second-order valence-corrected chi connectivity index (χ2v) is 20.8. The molecule has 67 heavy (non-hydrogen) atoms. The second-order valence-electron chi connectivity index (χ2n) is 20.8. The summed E-state index contributed by atoms with van der Waals surface area (Å²) in [4.78, 5) is 52.9. The van der Waals surface area contributed by atoms with E-state index in [1.807, 2.05) is 121 Å². The number of aryl methyl sites for hydroxylation is 5. The average molecular weight is 917 g/mol. The summed E-state index contributed by atoms with van der Waals surface area (Å²) in [7, 11) is -0.286. The Morgan fingerprint density at radius 3 is 1.34 bits per heavy atom. The number of benzene rings is 4. The lowest BCUT2D eigenvalue weighted by Crippen LogP contribution is -2.56. The van der Waals surface area contributed by atoms with Crippen molar-refractivity contribution in [1.29, 1.82) is 0 Å². The molecule has 4 N–H and O–H groups in total. The Hall–Kier alpha value is -5.92. The number of allylic oxidation sites excluding steroid dienone is 1. The molecule has 1 saturated heterocycles. The Bertz CT molecular complexity index is 2460. The van der Waals surface area contributed by atoms with Crippen LogP contribution in [-0.4, -0.2) is 73.3 Å². The number of phenols is 2. The van der Waals surface area contributed by atoms with E-state index in [0.717, 1.165) is 34.2 Å². The van der Waals surface area contributed by atoms with Gasteiger partial charge in [0.15, 0.2) is 0 Å². The minimum atomic E-state index is -0.673. The van der Waals surface area contributed by atoms with Crippen LogP contribution in [0.5, 0.6) is 11.5 Å². The molecule has 5 rings (SSSR count). The van der Waals surface area contributed by atoms with Gasteiger partial charge in [-0.1, -0.05) is 59.0 Å². The first kappa shape index (κ1) is 53.7. The van der Waals surface area contributed by atoms with Crippen molar-refractivity contribution in [2.24, 2.45) is 0 Å². The molecule has 0 radical (unpaired) electrons. The maximum atomic E-state index is 13.4. The first-order chi connectivity index (χ1) is 30.9. The molecule has 1 aliphatic heterocycles. The number of nitrogens with one attached hydrogen (secondary N) is 2. The zero-order valence-corrected chi connectivity index (χ0v) is 42.7. The molecule has 1 aliphatic rings. The van der Waals surface area contributed by atoms with Gasteiger partial charge in [0, 0.05) is 33.4 Å². The van der Waals surface area contributed by atoms with E-state index in [9.17, 15) is 29.4 Å². The average Bonchev–Trinajstić information content (AvgIpc) is 3.41. The summed E-state index contributed by atoms with van der Waals surface area (Å²) in [5.41, 5.74) is 11.4. The molecule has 0 atom stereocenters. The number of aromatic hydroxyl groups is 2. The zero-order valence-electron chi connectivity index (χ0n) is 42.7. The summed E-state index contributed by atoms with van der Waals surface area (Å²) in [6.07, 6.45) is 4.29. The van der Waals surface area contributed by atoms with Crippen LogP contribution in [0.4, 0.5) is 0 Å². The van der Waals surface area contributed by atoms with Crippen LogP contribution in [0.3, 0.4) is 0 Å². The molecular formula is C54H73BN4O8. The van der Waals surface area contributed by atoms with Gasteiger partial charge in [-0.25, -0.2) is 10.0 Å². The Balaban J connectivity index is 0.000000304. The number of hydrazine groups is 2. The molecule has 13 heteroatoms. The van der Waals surface area contributed by atoms with E-state index >= 15 is 0 Å². The second kappa shape index (κ2) is 20.9. The monoisotopic (exact) mass is 917 g/mol. The van der Waals surface area contributed by atoms with Crippen molar-refractivity contribution in [3.63, 3.8) is 0 Å². The summed E-state index contributed by atoms with van der Waals surface area (Å²) >= 11 is 0. The van der Waals surface area contributed by atoms with Crippen LogP contribution in [0.15, 0.2) is 73.3 Å². The lowest BCUT2D eigenvalue weighted by Gasteiger charge is -2.35. The minimum absolute atomic E-state index is 0.0699. The molecule has 1 fully saturated rings. The third-order valence-corrected chi connectivity index (χ3v) is 12.2. The summed E-state index contributed by atoms with van der Waals surface area (Å²) in [5.74, 6) is -1.32. The highest BCUT2D eigenvalue weighted by Crippen LogP contribution is 2.38. The number of hydrogen-bond donors (Lipinski definition) is 4. The molecule has 4 aromatic rings. The van der Waals surface area contributed by atoms with Gasteiger partial charge in [0.05, 0.1) is 22.3 Å². The number of phenolic OH excluding ortho intramolecular Hbond substituents is 2. The number of nitrogens with zero attached hydrogens (tertiary/aromatic N) is 2. The predicted molar refractivity (Wildman–Crippen MR) is 267 cm³/mol. The van der Waals surface area contributed by atoms with Gasteiger partial charge in [0.25, 0.3) is 23.6 Å². The molecule has 1 heterocycles. The Morgan fingerprint density at radius 2 is 0.985 bits per heavy atom. The molecule has 0 unspecified atom stereocenters. The van der Waals surface area contributed by atoms with E-state index in [2.05, 4.69) is 17.4 Å². The maximum Gasteiger partial charge on any atom is 0.457 e. The zero-order chi connectivity index (χ0) is 50.6. The third kappa shape index (κ3) is 13.2. The fourth-order valence-corrected chi connectivity index (χ4v) is 7.89. The van der Waals surface area contributed by atoms with Gasteiger partial charge in [0.2, 0.25) is 0 Å². The molecule has 0 spiro atoms. The third-order valence-electron chi connectivity index (χ3n) is 12.2. The topological polar surface area (TPSA) is 158 Å². The molecule has 12 nitrogen and oxygen atoms in total. The number of carbonyl (C=O) groups excluding carboxylic acids is 4. The van der Waals surface area contributed by atoms with E-state index in [1.165, 1.54) is 10.0 Å². The number of carbonyl (C=O) groups is 4. The highest BCUT2D eigenvalue weighted by atomic mass is 16.7. The standard InChI is InChI=1S/C30H43BN2O5.C24H30N2O3/c1-19-16-20(2)18-23(17-19)27(36)33(28(4,5)6)32-26(35)24-14-13-22(25(34)21(24)3)12-11-15-31-37-29(7,8)30(9,10)38-31;1-8-9-18-10-11-20(17(4)21(18)27)22(28)25-26(24(5,6)7)23(29)19-13-15(2)12-16(3)14-19/h13-14,16-18,34H,11-12,15H2,1-10H3,(H,32,35);8,10-14,27H,1,9H2,2-7H3,(H,25,28). The number of hydrogen-bond acceptors (Lipinski definition) is 8. The molecule has 0 aromatic heterocycles. The van der Waals surface area contributed by atoms with E-state index < -0.39 is 22.9 Å². The fourth-order valence-electron chi connectivity index (χ4n) is 7.89. The largest absolute Gasteiger partial charge is 0.507 e. The molecule has 0 bridgehead atoms. The summed E-state index contributed by atoms with van der Waals surface area (Å²) < 4.78 is 12.1. The van der Waals surface area contributed by atoms with Crippen molar-refractivity contribution in [3.05, 3.63) is 140 Å². The van der Waals surface area contributed by atoms with E-state index in [1.54, 1.807) is 56.3 Å². The van der Waals surface area contributed by atoms with Crippen LogP contribution in [0.1, 0.15) is 162 Å². The van der Waals surface area contributed by atoms with E-state index in [4.69, 9.17) is 9.31 Å². The highest BCUT2D eigenvalue weighted by Gasteiger charge is 2.50. The van der Waals surface area contributed by atoms with Crippen molar-refractivity contribution >= 4 is 30.7 Å². The van der Waals surface area contributed by atoms with Crippen LogP contribution in [0.25, 0.3) is 0 Å². The van der Waals surface area contributed by atoms with Crippen LogP contribution in [-0.2, 0) is 22.2 Å². The van der Waals surface area contributed by atoms with Crippen LogP contribution >= 0.6 is 0 Å². The molecule has 4 aromatic carbocycles. The lowest BCUT2D eigenvalue weighted by atomic mass is 9.81. The summed E-state index contributed by atoms with van der Waals surface area (Å²) in [5, 5.41) is 24.0. The van der Waals surface area contributed by atoms with Crippen LogP contribution in [0.2, 0.25) is 6.32 Å². The van der Waals surface area contributed by atoms with Crippen molar-refractivity contribution in [2.45, 2.75) is 159 Å². The molecule has 360 valence electrons. The summed E-state index contributed by atoms with van der Waals surface area (Å²) in [6.45, 7) is 34.1. The lowest BCUT2D eigenvalue weighted by molar-refractivity contribution is 0.00578. The van der Waals surface area contributed by atoms with Gasteiger partial charge in [-0.15, -0.1) is 6.58 Å². The fraction of sp³-hybridized carbons (Fsp3) is 0.444. The van der Waals surface area contributed by atoms with Gasteiger partial charge in [0.1, 0.15) is 11.5 Å². The summed E-state index contributed by atoms with van der Waals surface area (Å²) in [6, 6.07) is 18.1. The quantitative estimate of drug-likeness (QED) is 0.0696. The van der Waals surface area contributed by atoms with Crippen LogP contribution < -0.4 is 10.9 Å².